The molecule has 0 saturated heterocycles. The molecule has 0 aliphatic carbocycles. The van der Waals surface area contributed by atoms with Crippen molar-refractivity contribution < 1.29 is 4.74 Å². The lowest BCUT2D eigenvalue weighted by Gasteiger charge is -2.10. The van der Waals surface area contributed by atoms with E-state index in [0.29, 0.717) is 22.0 Å². The van der Waals surface area contributed by atoms with Crippen LogP contribution in [0.4, 0.5) is 0 Å². The zero-order chi connectivity index (χ0) is 23.3. The number of methoxy groups -OCH3 is 1. The molecule has 9 heteroatoms. The van der Waals surface area contributed by atoms with Crippen LogP contribution in [0.3, 0.4) is 0 Å². The van der Waals surface area contributed by atoms with Crippen molar-refractivity contribution >= 4 is 28.5 Å². The minimum atomic E-state index is -0.432. The molecule has 5 aromatic rings. The third kappa shape index (κ3) is 3.30. The second-order valence-electron chi connectivity index (χ2n) is 7.89. The van der Waals surface area contributed by atoms with Crippen LogP contribution in [0.5, 0.6) is 0 Å². The molecular weight excluding hydrogens is 442 g/mol. The highest BCUT2D eigenvalue weighted by Gasteiger charge is 2.22. The number of benzene rings is 2. The SMILES string of the molecule is COCCn1c(=O)c2c(nc3n(-c4ccc(C)c(Cl)c4)c(-c4ccccc4)cn23)n(C)c1=O. The van der Waals surface area contributed by atoms with Gasteiger partial charge in [0.05, 0.1) is 24.5 Å². The molecule has 168 valence electrons. The number of fused-ring (bicyclic) bond motifs is 3. The summed E-state index contributed by atoms with van der Waals surface area (Å²) in [5.41, 5.74) is 3.38. The molecule has 0 atom stereocenters. The van der Waals surface area contributed by atoms with Gasteiger partial charge < -0.3 is 4.74 Å². The van der Waals surface area contributed by atoms with E-state index in [0.717, 1.165) is 22.5 Å². The molecule has 0 spiro atoms. The Morgan fingerprint density at radius 3 is 2.55 bits per heavy atom. The molecule has 8 nitrogen and oxygen atoms in total. The number of halogens is 1. The molecule has 0 aliphatic heterocycles. The predicted molar refractivity (Wildman–Crippen MR) is 129 cm³/mol. The summed E-state index contributed by atoms with van der Waals surface area (Å²) in [4.78, 5) is 30.9. The summed E-state index contributed by atoms with van der Waals surface area (Å²) in [6.07, 6.45) is 1.88. The van der Waals surface area contributed by atoms with Crippen LogP contribution in [0.15, 0.2) is 64.3 Å². The summed E-state index contributed by atoms with van der Waals surface area (Å²) >= 11 is 6.45. The van der Waals surface area contributed by atoms with E-state index in [1.807, 2.05) is 66.2 Å². The second kappa shape index (κ2) is 8.06. The normalized spacial score (nSPS) is 11.6. The van der Waals surface area contributed by atoms with E-state index in [1.165, 1.54) is 16.2 Å². The van der Waals surface area contributed by atoms with Gasteiger partial charge in [0.1, 0.15) is 0 Å². The topological polar surface area (TPSA) is 75.5 Å². The molecule has 0 fully saturated rings. The van der Waals surface area contributed by atoms with Gasteiger partial charge in [-0.3, -0.25) is 22.9 Å². The Bertz CT molecular complexity index is 1630. The molecule has 0 aliphatic rings. The zero-order valence-electron chi connectivity index (χ0n) is 18.4. The average Bonchev–Trinajstić information content (AvgIpc) is 3.36. The molecule has 0 amide bonds. The van der Waals surface area contributed by atoms with E-state index in [4.69, 9.17) is 21.3 Å². The first-order valence-electron chi connectivity index (χ1n) is 10.5. The van der Waals surface area contributed by atoms with Crippen molar-refractivity contribution in [2.45, 2.75) is 13.5 Å². The minimum absolute atomic E-state index is 0.158. The van der Waals surface area contributed by atoms with Crippen LogP contribution in [0.1, 0.15) is 5.56 Å². The highest BCUT2D eigenvalue weighted by Crippen LogP contribution is 2.30. The molecule has 0 N–H and O–H groups in total. The Balaban J connectivity index is 1.91. The van der Waals surface area contributed by atoms with Crippen LogP contribution in [0, 0.1) is 6.92 Å². The number of aryl methyl sites for hydroxylation is 2. The van der Waals surface area contributed by atoms with Gasteiger partial charge in [-0.05, 0) is 24.6 Å². The maximum atomic E-state index is 13.4. The standard InChI is InChI=1S/C24H22ClN5O3/c1-15-9-10-17(13-18(15)25)30-19(16-7-5-4-6-8-16)14-29-20-21(26-23(29)30)27(2)24(32)28(22(20)31)11-12-33-3/h4-10,13-14H,11-12H2,1-3H3. The third-order valence-electron chi connectivity index (χ3n) is 5.85. The van der Waals surface area contributed by atoms with E-state index >= 15 is 0 Å². The summed E-state index contributed by atoms with van der Waals surface area (Å²) in [5, 5.41) is 0.629. The van der Waals surface area contributed by atoms with Gasteiger partial charge in [0.25, 0.3) is 5.56 Å². The number of aromatic nitrogens is 5. The molecule has 0 radical (unpaired) electrons. The van der Waals surface area contributed by atoms with Crippen LogP contribution in [0.25, 0.3) is 33.9 Å². The van der Waals surface area contributed by atoms with Gasteiger partial charge in [-0.1, -0.05) is 48.0 Å². The first-order valence-corrected chi connectivity index (χ1v) is 10.8. The molecule has 0 unspecified atom stereocenters. The second-order valence-corrected chi connectivity index (χ2v) is 8.30. The van der Waals surface area contributed by atoms with Crippen LogP contribution in [0.2, 0.25) is 5.02 Å². The lowest BCUT2D eigenvalue weighted by Crippen LogP contribution is -2.40. The van der Waals surface area contributed by atoms with E-state index < -0.39 is 11.2 Å². The zero-order valence-corrected chi connectivity index (χ0v) is 19.2. The average molecular weight is 464 g/mol. The molecule has 0 saturated carbocycles. The van der Waals surface area contributed by atoms with E-state index in [2.05, 4.69) is 0 Å². The van der Waals surface area contributed by atoms with Gasteiger partial charge in [-0.2, -0.15) is 4.98 Å². The lowest BCUT2D eigenvalue weighted by molar-refractivity contribution is 0.184. The maximum Gasteiger partial charge on any atom is 0.332 e. The Hall–Kier alpha value is -3.62. The lowest BCUT2D eigenvalue weighted by atomic mass is 10.1. The van der Waals surface area contributed by atoms with Gasteiger partial charge in [0.2, 0.25) is 5.78 Å². The quantitative estimate of drug-likeness (QED) is 0.400. The number of ether oxygens (including phenoxy) is 1. The summed E-state index contributed by atoms with van der Waals surface area (Å²) in [5.74, 6) is 0.514. The molecule has 3 heterocycles. The highest BCUT2D eigenvalue weighted by molar-refractivity contribution is 6.31. The van der Waals surface area contributed by atoms with Crippen molar-refractivity contribution in [2.24, 2.45) is 7.05 Å². The third-order valence-corrected chi connectivity index (χ3v) is 6.26. The smallest absolute Gasteiger partial charge is 0.332 e. The van der Waals surface area contributed by atoms with Crippen LogP contribution < -0.4 is 11.2 Å². The molecule has 33 heavy (non-hydrogen) atoms. The van der Waals surface area contributed by atoms with Crippen molar-refractivity contribution in [3.8, 4) is 16.9 Å². The number of hydrogen-bond donors (Lipinski definition) is 0. The maximum absolute atomic E-state index is 13.4. The summed E-state index contributed by atoms with van der Waals surface area (Å²) in [7, 11) is 3.15. The number of imidazole rings is 2. The van der Waals surface area contributed by atoms with E-state index in [-0.39, 0.29) is 13.2 Å². The van der Waals surface area contributed by atoms with Gasteiger partial charge in [-0.25, -0.2) is 4.79 Å². The fraction of sp³-hybridized carbons (Fsp3) is 0.208. The monoisotopic (exact) mass is 463 g/mol. The fourth-order valence-electron chi connectivity index (χ4n) is 4.06. The summed E-state index contributed by atoms with van der Waals surface area (Å²) in [6.45, 7) is 2.35. The molecule has 3 aromatic heterocycles. The minimum Gasteiger partial charge on any atom is -0.383 e. The van der Waals surface area contributed by atoms with Gasteiger partial charge in [0, 0.05) is 30.9 Å². The summed E-state index contributed by atoms with van der Waals surface area (Å²) in [6, 6.07) is 15.6. The fourth-order valence-corrected chi connectivity index (χ4v) is 4.24. The molecular formula is C24H22ClN5O3. The number of nitrogens with zero attached hydrogens (tertiary/aromatic N) is 5. The number of rotatable bonds is 5. The van der Waals surface area contributed by atoms with Crippen LogP contribution >= 0.6 is 11.6 Å². The first-order chi connectivity index (χ1) is 15.9. The number of hydrogen-bond acceptors (Lipinski definition) is 4. The summed E-state index contributed by atoms with van der Waals surface area (Å²) < 4.78 is 11.4. The van der Waals surface area contributed by atoms with Crippen LogP contribution in [-0.2, 0) is 18.3 Å². The predicted octanol–water partition coefficient (Wildman–Crippen LogP) is 3.41. The van der Waals surface area contributed by atoms with Crippen molar-refractivity contribution in [1.82, 2.24) is 23.1 Å². The highest BCUT2D eigenvalue weighted by atomic mass is 35.5. The first kappa shape index (κ1) is 21.2. The van der Waals surface area contributed by atoms with Gasteiger partial charge in [-0.15, -0.1) is 0 Å². The van der Waals surface area contributed by atoms with Crippen molar-refractivity contribution in [3.63, 3.8) is 0 Å². The largest absolute Gasteiger partial charge is 0.383 e. The van der Waals surface area contributed by atoms with Crippen molar-refractivity contribution in [3.05, 3.63) is 86.2 Å². The Labute approximate surface area is 193 Å². The Kier molecular flexibility index (Phi) is 5.19. The van der Waals surface area contributed by atoms with E-state index in [9.17, 15) is 9.59 Å². The van der Waals surface area contributed by atoms with Gasteiger partial charge >= 0.3 is 5.69 Å². The van der Waals surface area contributed by atoms with Crippen LogP contribution in [-0.4, -0.2) is 36.8 Å². The van der Waals surface area contributed by atoms with Crippen molar-refractivity contribution in [2.75, 3.05) is 13.7 Å². The van der Waals surface area contributed by atoms with E-state index in [1.54, 1.807) is 11.4 Å². The van der Waals surface area contributed by atoms with Crippen molar-refractivity contribution in [1.29, 1.82) is 0 Å². The molecule has 2 aromatic carbocycles. The molecule has 0 bridgehead atoms. The van der Waals surface area contributed by atoms with Gasteiger partial charge in [0.15, 0.2) is 11.2 Å². The molecule has 5 rings (SSSR count). The Morgan fingerprint density at radius 1 is 1.09 bits per heavy atom. The Morgan fingerprint density at radius 2 is 1.85 bits per heavy atom.